The molecule has 0 bridgehead atoms. The summed E-state index contributed by atoms with van der Waals surface area (Å²) in [6.07, 6.45) is 11.1. The number of cyclic esters (lactones) is 1. The fourth-order valence-corrected chi connectivity index (χ4v) is 12.9. The Bertz CT molecular complexity index is 2560. The average Bonchev–Trinajstić information content (AvgIpc) is 1.49. The number of terminal acetylenes is 4. The molecule has 3 aliphatic heterocycles. The van der Waals surface area contributed by atoms with Crippen molar-refractivity contribution in [1.29, 1.82) is 0 Å². The molecule has 24 heteroatoms. The van der Waals surface area contributed by atoms with Gasteiger partial charge in [-0.1, -0.05) is 105 Å². The SMILES string of the molecule is C.C.C.C#CCO.C#CCOCCN(C)[C@H]1C[C@@H](C)O[C@@H](O[C@@H]2[C@@H](C)[C@H](O[C@@H]3C[C@@](C)(OC)[C@@H](O)[C@H](C)O3)[C@@H](C)C(=O)O[C@H](CC)[C@@](C)(O)[C@H](O)[C@@H](C)N(C)C[C@H](C)C[C@@]2(C)O)[C@@H]1O.C#CCOCCOS(=O)(=O)c1ccc(C)cc1.C#CCOCCO[Si](C)(C)C(C)(C)C. The summed E-state index contributed by atoms with van der Waals surface area (Å²) in [6, 6.07) is 5.50. The van der Waals surface area contributed by atoms with Crippen molar-refractivity contribution in [3.8, 4) is 49.4 Å². The number of carbonyl (C=O) groups excluding carboxylic acids is 1. The zero-order valence-corrected chi connectivity index (χ0v) is 60.4. The maximum Gasteiger partial charge on any atom is 0.311 e. The second-order valence-corrected chi connectivity index (χ2v) is 32.9. The van der Waals surface area contributed by atoms with Gasteiger partial charge in [-0.2, -0.15) is 8.42 Å². The van der Waals surface area contributed by atoms with Crippen LogP contribution in [0.1, 0.15) is 144 Å². The Morgan fingerprint density at radius 1 is 0.800 bits per heavy atom. The molecule has 95 heavy (non-hydrogen) atoms. The number of benzene rings is 1. The van der Waals surface area contributed by atoms with Crippen LogP contribution < -0.4 is 0 Å². The molecule has 1 aromatic rings. The van der Waals surface area contributed by atoms with Gasteiger partial charge in [0.05, 0.1) is 79.5 Å². The van der Waals surface area contributed by atoms with E-state index in [-0.39, 0.29) is 103 Å². The van der Waals surface area contributed by atoms with E-state index in [4.69, 9.17) is 75.6 Å². The second-order valence-electron chi connectivity index (χ2n) is 26.5. The number of nitrogens with zero attached hydrogens (tertiary/aromatic N) is 2. The molecule has 4 rings (SSSR count). The topological polar surface area (TPSA) is 281 Å². The van der Waals surface area contributed by atoms with Gasteiger partial charge in [0.15, 0.2) is 20.9 Å². The Morgan fingerprint density at radius 3 is 1.82 bits per heavy atom. The van der Waals surface area contributed by atoms with Gasteiger partial charge in [0.2, 0.25) is 0 Å². The lowest BCUT2D eigenvalue weighted by Crippen LogP contribution is -2.61. The molecule has 552 valence electrons. The van der Waals surface area contributed by atoms with Crippen molar-refractivity contribution in [1.82, 2.24) is 9.80 Å². The third-order valence-corrected chi connectivity index (χ3v) is 23.5. The van der Waals surface area contributed by atoms with Crippen molar-refractivity contribution >= 4 is 24.4 Å². The fourth-order valence-electron chi connectivity index (χ4n) is 11.0. The zero-order valence-electron chi connectivity index (χ0n) is 58.6. The zero-order chi connectivity index (χ0) is 70.6. The van der Waals surface area contributed by atoms with Gasteiger partial charge in [-0.25, -0.2) is 0 Å². The molecule has 3 aliphatic rings. The highest BCUT2D eigenvalue weighted by Gasteiger charge is 2.53. The van der Waals surface area contributed by atoms with Crippen LogP contribution in [0.25, 0.3) is 0 Å². The lowest BCUT2D eigenvalue weighted by atomic mass is 9.77. The number of aryl methyl sites for hydroxylation is 1. The van der Waals surface area contributed by atoms with Crippen molar-refractivity contribution in [2.45, 2.75) is 258 Å². The Morgan fingerprint density at radius 2 is 1.33 bits per heavy atom. The minimum Gasteiger partial charge on any atom is -0.459 e. The first-order valence-electron chi connectivity index (χ1n) is 31.7. The van der Waals surface area contributed by atoms with E-state index < -0.39 is 114 Å². The van der Waals surface area contributed by atoms with E-state index in [2.05, 4.69) is 58.0 Å². The highest BCUT2D eigenvalue weighted by Crippen LogP contribution is 2.41. The van der Waals surface area contributed by atoms with Crippen LogP contribution >= 0.6 is 0 Å². The van der Waals surface area contributed by atoms with E-state index in [1.165, 1.54) is 26.2 Å². The molecule has 0 aliphatic carbocycles. The Labute approximate surface area is 575 Å². The molecular formula is C71H128N2O20SSi. The van der Waals surface area contributed by atoms with E-state index in [0.29, 0.717) is 45.9 Å². The molecule has 18 atom stereocenters. The van der Waals surface area contributed by atoms with Crippen LogP contribution in [0.3, 0.4) is 0 Å². The molecule has 3 heterocycles. The lowest BCUT2D eigenvalue weighted by Gasteiger charge is -2.49. The molecule has 0 amide bonds. The van der Waals surface area contributed by atoms with Gasteiger partial charge in [0.25, 0.3) is 10.1 Å². The van der Waals surface area contributed by atoms with E-state index >= 15 is 0 Å². The maximum atomic E-state index is 14.3. The molecule has 0 aromatic heterocycles. The smallest absolute Gasteiger partial charge is 0.311 e. The molecule has 0 unspecified atom stereocenters. The van der Waals surface area contributed by atoms with Gasteiger partial charge < -0.3 is 82.6 Å². The van der Waals surface area contributed by atoms with Crippen LogP contribution in [-0.2, 0) is 66.2 Å². The number of methoxy groups -OCH3 is 1. The van der Waals surface area contributed by atoms with E-state index in [1.807, 2.05) is 57.5 Å². The van der Waals surface area contributed by atoms with E-state index in [1.54, 1.807) is 53.7 Å². The number of hydrogen-bond acceptors (Lipinski definition) is 22. The summed E-state index contributed by atoms with van der Waals surface area (Å²) in [7, 11) is -0.0724. The predicted octanol–water partition coefficient (Wildman–Crippen LogP) is 7.45. The van der Waals surface area contributed by atoms with Gasteiger partial charge in [-0.05, 0) is 125 Å². The van der Waals surface area contributed by atoms with Crippen molar-refractivity contribution in [2.75, 3.05) is 93.8 Å². The van der Waals surface area contributed by atoms with Crippen molar-refractivity contribution in [2.24, 2.45) is 17.8 Å². The van der Waals surface area contributed by atoms with Crippen molar-refractivity contribution in [3.05, 3.63) is 29.8 Å². The summed E-state index contributed by atoms with van der Waals surface area (Å²) in [5.74, 6) is 6.45. The van der Waals surface area contributed by atoms with E-state index in [9.17, 15) is 38.7 Å². The minimum absolute atomic E-state index is 0. The first kappa shape index (κ1) is 95.6. The maximum absolute atomic E-state index is 14.3. The standard InChI is InChI=1S/C42H76N2O13.C12H14O4S.C11H22O2Si.C3H4O.3CH4/c1-15-18-52-19-17-43(12)30-20-25(4)53-39(33(30)45)57-37-26(5)34(56-32-22-41(10,51-14)36(47)29(8)54-32)27(6)38(48)55-31(16-2)42(11,50)35(46)28(7)44(13)23-24(3)21-40(37,9)49;1-3-8-15-9-10-16-17(13,14)12-6-4-11(2)5-7-12;1-7-8-12-9-10-13-14(5,6)11(2,3)4;1-2-3-4;;;/h1,24-37,39,45-47,49-50H,16-23H2,2-14H3;1,4-7H,8-10H2,2H3;1H,8-10H2,2-6H3;1,4H,3H2;3*1H4/t24-,25-,26+,27-,28-,29+,30+,31-,32-,33-,34+,35-,36+,37-,39+,40-,41-,42-;;;;;;/m1....../s1. The summed E-state index contributed by atoms with van der Waals surface area (Å²) >= 11 is 0. The van der Waals surface area contributed by atoms with Crippen LogP contribution in [0.4, 0.5) is 0 Å². The Kier molecular flexibility index (Phi) is 45.5. The van der Waals surface area contributed by atoms with Crippen LogP contribution in [0.5, 0.6) is 0 Å². The van der Waals surface area contributed by atoms with Crippen molar-refractivity contribution < 1.29 is 95.1 Å². The monoisotopic (exact) mass is 1390 g/mol. The van der Waals surface area contributed by atoms with Gasteiger partial charge in [0.1, 0.15) is 56.4 Å². The van der Waals surface area contributed by atoms with Crippen LogP contribution in [0, 0.1) is 74.1 Å². The third kappa shape index (κ3) is 30.8. The highest BCUT2D eigenvalue weighted by molar-refractivity contribution is 7.86. The van der Waals surface area contributed by atoms with Crippen LogP contribution in [-0.4, -0.2) is 247 Å². The third-order valence-electron chi connectivity index (χ3n) is 17.6. The summed E-state index contributed by atoms with van der Waals surface area (Å²) in [5, 5.41) is 66.7. The molecule has 3 saturated heterocycles. The van der Waals surface area contributed by atoms with Gasteiger partial charge in [-0.15, -0.1) is 25.7 Å². The minimum atomic E-state index is -3.70. The summed E-state index contributed by atoms with van der Waals surface area (Å²) in [4.78, 5) is 18.3. The number of ether oxygens (including phenoxy) is 9. The second kappa shape index (κ2) is 45.2. The van der Waals surface area contributed by atoms with Crippen LogP contribution in [0.15, 0.2) is 29.2 Å². The fraction of sp³-hybridized carbons (Fsp3) is 0.789. The molecule has 0 spiro atoms. The Balaban J connectivity index is -0.00000181. The highest BCUT2D eigenvalue weighted by atomic mass is 32.2. The number of rotatable bonds is 22. The quantitative estimate of drug-likeness (QED) is 0.0216. The summed E-state index contributed by atoms with van der Waals surface area (Å²) < 4.78 is 87.3. The van der Waals surface area contributed by atoms with Crippen LogP contribution in [0.2, 0.25) is 18.1 Å². The molecular weight excluding hydrogens is 1260 g/mol. The number of esters is 1. The number of aliphatic hydroxyl groups excluding tert-OH is 4. The molecule has 3 fully saturated rings. The first-order valence-corrected chi connectivity index (χ1v) is 36.0. The number of hydrogen-bond donors (Lipinski definition) is 6. The molecule has 1 aromatic carbocycles. The molecule has 22 nitrogen and oxygen atoms in total. The first-order chi connectivity index (χ1) is 42.7. The van der Waals surface area contributed by atoms with E-state index in [0.717, 1.165) is 5.56 Å². The van der Waals surface area contributed by atoms with Gasteiger partial charge in [0, 0.05) is 44.6 Å². The average molecular weight is 1390 g/mol. The lowest BCUT2D eigenvalue weighted by molar-refractivity contribution is -0.318. The van der Waals surface area contributed by atoms with Gasteiger partial charge in [-0.3, -0.25) is 13.9 Å². The van der Waals surface area contributed by atoms with Gasteiger partial charge >= 0.3 is 5.97 Å². The number of carbonyl (C=O) groups is 1. The molecule has 0 saturated carbocycles. The molecule has 6 N–H and O–H groups in total. The van der Waals surface area contributed by atoms with Crippen molar-refractivity contribution in [3.63, 3.8) is 0 Å². The normalized spacial score (nSPS) is 31.7. The Hall–Kier alpha value is -3.62. The predicted molar refractivity (Wildman–Crippen MR) is 376 cm³/mol. The largest absolute Gasteiger partial charge is 0.459 e. The number of likely N-dealkylation sites (N-methyl/N-ethyl adjacent to an activating group) is 2. The summed E-state index contributed by atoms with van der Waals surface area (Å²) in [5.41, 5.74) is -3.47. The number of aliphatic hydroxyl groups is 6. The molecule has 0 radical (unpaired) electrons. The summed E-state index contributed by atoms with van der Waals surface area (Å²) in [6.45, 7) is 33.7.